The molecule has 0 fully saturated rings. The van der Waals surface area contributed by atoms with Gasteiger partial charge in [0.25, 0.3) is 0 Å². The maximum Gasteiger partial charge on any atom is 0.485 e. The summed E-state index contributed by atoms with van der Waals surface area (Å²) in [4.78, 5) is 0. The Morgan fingerprint density at radius 1 is 0.692 bits per heavy atom. The molecule has 0 atom stereocenters. The second-order valence-electron chi connectivity index (χ2n) is 8.96. The number of rotatable bonds is 3. The van der Waals surface area contributed by atoms with Crippen LogP contribution >= 0.6 is 0 Å². The molecule has 3 aromatic rings. The van der Waals surface area contributed by atoms with Crippen molar-refractivity contribution in [3.63, 3.8) is 0 Å². The molecule has 9 nitrogen and oxygen atoms in total. The summed E-state index contributed by atoms with van der Waals surface area (Å²) in [6.45, 7) is 12.2. The normalized spacial score (nSPS) is 15.2. The molecule has 0 aliphatic heterocycles. The van der Waals surface area contributed by atoms with Crippen LogP contribution in [0, 0.1) is 41.5 Å². The quantitative estimate of drug-likeness (QED) is 0.202. The van der Waals surface area contributed by atoms with E-state index in [0.29, 0.717) is 0 Å². The van der Waals surface area contributed by atoms with Crippen molar-refractivity contribution in [3.8, 4) is 0 Å². The summed E-state index contributed by atoms with van der Waals surface area (Å²) >= 11 is 0. The minimum Gasteiger partial charge on any atom is -0.741 e. The number of aryl methyl sites for hydroxylation is 6. The zero-order valence-corrected chi connectivity index (χ0v) is 25.9. The first-order chi connectivity index (χ1) is 17.6. The first kappa shape index (κ1) is 34.5. The Labute approximate surface area is 240 Å². The van der Waals surface area contributed by atoms with E-state index in [2.05, 4.69) is 78.6 Å². The van der Waals surface area contributed by atoms with E-state index in [4.69, 9.17) is 13.0 Å². The van der Waals surface area contributed by atoms with Crippen LogP contribution in [0.1, 0.15) is 66.1 Å². The number of halogens is 3. The van der Waals surface area contributed by atoms with Gasteiger partial charge in [-0.05, 0) is 85.4 Å². The average Bonchev–Trinajstić information content (AvgIpc) is 3.37. The molecule has 0 saturated carbocycles. The van der Waals surface area contributed by atoms with E-state index in [1.54, 1.807) is 0 Å². The Balaban J connectivity index is 0.000000370. The molecule has 1 aliphatic carbocycles. The standard InChI is InChI=1S/C16H22N6.C8H12.CHF3O3S.Ir/c1-10-7-13(4)20(17-10)16(21-14(5)8-11(2)18-21)22-15(6)9-12(3)19-22;1-2-4-6-8-7-5-3-1;2-1(3,4)8(5,6)7;/h7-9,16H,1-6H3;1-2,7-8H,3-6H2;(H,5,6,7);/p-1/b;2-1-,8-7-;;. The van der Waals surface area contributed by atoms with Crippen molar-refractivity contribution < 1.29 is 46.2 Å². The molecular formula is C25H34F3IrN6O3S-. The molecule has 3 heterocycles. The predicted octanol–water partition coefficient (Wildman–Crippen LogP) is 5.40. The van der Waals surface area contributed by atoms with Crippen molar-refractivity contribution in [2.75, 3.05) is 0 Å². The molecule has 1 radical (unpaired) electrons. The van der Waals surface area contributed by atoms with E-state index < -0.39 is 15.6 Å². The van der Waals surface area contributed by atoms with Crippen LogP contribution in [-0.4, -0.2) is 47.8 Å². The molecule has 0 aromatic carbocycles. The van der Waals surface area contributed by atoms with Crippen LogP contribution in [-0.2, 0) is 30.2 Å². The van der Waals surface area contributed by atoms with E-state index in [9.17, 15) is 13.2 Å². The molecule has 1 aliphatic rings. The molecule has 3 aromatic heterocycles. The molecule has 0 saturated heterocycles. The second kappa shape index (κ2) is 14.7. The van der Waals surface area contributed by atoms with E-state index in [1.165, 1.54) is 25.7 Å². The molecule has 219 valence electrons. The third kappa shape index (κ3) is 10.2. The number of hydrogen-bond acceptors (Lipinski definition) is 6. The third-order valence-electron chi connectivity index (χ3n) is 5.41. The first-order valence-corrected chi connectivity index (χ1v) is 13.4. The van der Waals surface area contributed by atoms with Crippen LogP contribution in [0.2, 0.25) is 0 Å². The molecule has 0 unspecified atom stereocenters. The molecule has 0 amide bonds. The van der Waals surface area contributed by atoms with E-state index in [-0.39, 0.29) is 26.4 Å². The average molecular weight is 748 g/mol. The molecule has 0 bridgehead atoms. The van der Waals surface area contributed by atoms with Crippen molar-refractivity contribution >= 4 is 10.1 Å². The summed E-state index contributed by atoms with van der Waals surface area (Å²) < 4.78 is 64.8. The van der Waals surface area contributed by atoms with Crippen LogP contribution in [0.15, 0.2) is 42.5 Å². The van der Waals surface area contributed by atoms with Gasteiger partial charge in [-0.25, -0.2) is 22.5 Å². The van der Waals surface area contributed by atoms with Gasteiger partial charge in [0.1, 0.15) is 0 Å². The summed E-state index contributed by atoms with van der Waals surface area (Å²) in [5.41, 5.74) is 0.585. The third-order valence-corrected chi connectivity index (χ3v) is 5.97. The smallest absolute Gasteiger partial charge is 0.485 e. The SMILES string of the molecule is C1=C\CC/C=C\CC/1.Cc1cc(C)n(C(n2nc(C)cc2C)n2nc(C)cc2C)n1.O=S(=O)([O-])C(F)(F)F.[Ir]. The van der Waals surface area contributed by atoms with Gasteiger partial charge in [-0.2, -0.15) is 28.5 Å². The van der Waals surface area contributed by atoms with Crippen LogP contribution in [0.4, 0.5) is 13.2 Å². The van der Waals surface area contributed by atoms with Crippen LogP contribution in [0.5, 0.6) is 0 Å². The van der Waals surface area contributed by atoms with Crippen molar-refractivity contribution in [2.45, 2.75) is 79.0 Å². The van der Waals surface area contributed by atoms with Gasteiger partial charge in [-0.1, -0.05) is 24.3 Å². The monoisotopic (exact) mass is 748 g/mol. The van der Waals surface area contributed by atoms with Gasteiger partial charge in [0, 0.05) is 37.2 Å². The largest absolute Gasteiger partial charge is 0.741 e. The van der Waals surface area contributed by atoms with Crippen molar-refractivity contribution in [3.05, 3.63) is 76.7 Å². The van der Waals surface area contributed by atoms with Crippen LogP contribution in [0.25, 0.3) is 0 Å². The summed E-state index contributed by atoms with van der Waals surface area (Å²) in [5, 5.41) is 14.0. The fraction of sp³-hybridized carbons (Fsp3) is 0.480. The van der Waals surface area contributed by atoms with Gasteiger partial charge in [-0.3, -0.25) is 0 Å². The Hall–Kier alpha value is -2.54. The van der Waals surface area contributed by atoms with E-state index in [1.807, 2.05) is 34.8 Å². The van der Waals surface area contributed by atoms with Crippen LogP contribution < -0.4 is 0 Å². The molecule has 0 N–H and O–H groups in total. The Morgan fingerprint density at radius 2 is 0.923 bits per heavy atom. The Morgan fingerprint density at radius 3 is 1.08 bits per heavy atom. The summed E-state index contributed by atoms with van der Waals surface area (Å²) in [6.07, 6.45) is 13.8. The van der Waals surface area contributed by atoms with Gasteiger partial charge < -0.3 is 4.55 Å². The fourth-order valence-corrected chi connectivity index (χ4v) is 3.81. The van der Waals surface area contributed by atoms with Gasteiger partial charge >= 0.3 is 5.51 Å². The predicted molar refractivity (Wildman–Crippen MR) is 137 cm³/mol. The van der Waals surface area contributed by atoms with Crippen molar-refractivity contribution in [2.24, 2.45) is 0 Å². The first-order valence-electron chi connectivity index (χ1n) is 12.0. The summed E-state index contributed by atoms with van der Waals surface area (Å²) in [7, 11) is -6.09. The summed E-state index contributed by atoms with van der Waals surface area (Å²) in [5.74, 6) is 0. The Bertz CT molecular complexity index is 1240. The molecule has 0 spiro atoms. The molecule has 39 heavy (non-hydrogen) atoms. The summed E-state index contributed by atoms with van der Waals surface area (Å²) in [6, 6.07) is 6.22. The topological polar surface area (TPSA) is 111 Å². The molecular weight excluding hydrogens is 714 g/mol. The minimum absolute atomic E-state index is 0. The number of aromatic nitrogens is 6. The van der Waals surface area contributed by atoms with Crippen molar-refractivity contribution in [1.82, 2.24) is 29.3 Å². The second-order valence-corrected chi connectivity index (χ2v) is 10.3. The number of nitrogens with zero attached hydrogens (tertiary/aromatic N) is 6. The van der Waals surface area contributed by atoms with Gasteiger partial charge in [0.15, 0.2) is 10.1 Å². The van der Waals surface area contributed by atoms with Gasteiger partial charge in [0.05, 0.1) is 17.1 Å². The van der Waals surface area contributed by atoms with Crippen LogP contribution in [0.3, 0.4) is 0 Å². The zero-order chi connectivity index (χ0) is 28.7. The molecule has 4 rings (SSSR count). The molecule has 14 heteroatoms. The maximum atomic E-state index is 10.7. The number of hydrogen-bond donors (Lipinski definition) is 0. The Kier molecular flexibility index (Phi) is 13.0. The fourth-order valence-electron chi connectivity index (χ4n) is 3.81. The number of allylic oxidation sites excluding steroid dienone is 4. The maximum absolute atomic E-state index is 10.7. The van der Waals surface area contributed by atoms with E-state index in [0.717, 1.165) is 34.2 Å². The zero-order valence-electron chi connectivity index (χ0n) is 22.7. The van der Waals surface area contributed by atoms with E-state index >= 15 is 0 Å². The number of alkyl halides is 3. The van der Waals surface area contributed by atoms with Crippen molar-refractivity contribution in [1.29, 1.82) is 0 Å². The van der Waals surface area contributed by atoms with Gasteiger partial charge in [0.2, 0.25) is 6.29 Å². The van der Waals surface area contributed by atoms with Gasteiger partial charge in [-0.15, -0.1) is 0 Å². The minimum atomic E-state index is -6.09.